The van der Waals surface area contributed by atoms with E-state index in [1.54, 1.807) is 25.1 Å². The van der Waals surface area contributed by atoms with Crippen LogP contribution in [0.25, 0.3) is 0 Å². The fourth-order valence-corrected chi connectivity index (χ4v) is 3.62. The molecule has 7 nitrogen and oxygen atoms in total. The van der Waals surface area contributed by atoms with Crippen molar-refractivity contribution in [2.75, 3.05) is 11.3 Å². The van der Waals surface area contributed by atoms with Gasteiger partial charge in [0, 0.05) is 4.47 Å². The number of carbonyl (C=O) groups excluding carboxylic acids is 1. The van der Waals surface area contributed by atoms with Crippen molar-refractivity contribution in [1.82, 2.24) is 10.2 Å². The highest BCUT2D eigenvalue weighted by atomic mass is 79.9. The van der Waals surface area contributed by atoms with Crippen LogP contribution in [0.5, 0.6) is 0 Å². The number of hydrogen-bond donors (Lipinski definition) is 2. The number of halogens is 1. The second kappa shape index (κ2) is 6.49. The van der Waals surface area contributed by atoms with Crippen molar-refractivity contribution < 1.29 is 17.9 Å². The number of ether oxygens (including phenoxy) is 1. The molecule has 0 spiro atoms. The molecule has 1 aromatic carbocycles. The SMILES string of the molecule is CCOC(=O)c1cn[nH]c1S(=O)(=O)Nc1ccc(C)cc1Br. The Kier molecular flexibility index (Phi) is 4.87. The number of rotatable bonds is 5. The maximum atomic E-state index is 12.4. The quantitative estimate of drug-likeness (QED) is 0.767. The van der Waals surface area contributed by atoms with Gasteiger partial charge in [0.15, 0.2) is 5.03 Å². The molecule has 0 saturated heterocycles. The Labute approximate surface area is 136 Å². The first-order chi connectivity index (χ1) is 10.3. The maximum Gasteiger partial charge on any atom is 0.342 e. The first-order valence-corrected chi connectivity index (χ1v) is 8.62. The third-order valence-corrected chi connectivity index (χ3v) is 4.73. The molecule has 118 valence electrons. The van der Waals surface area contributed by atoms with Gasteiger partial charge in [0.2, 0.25) is 0 Å². The lowest BCUT2D eigenvalue weighted by molar-refractivity contribution is 0.0522. The number of H-pyrrole nitrogens is 1. The van der Waals surface area contributed by atoms with Crippen molar-refractivity contribution in [2.24, 2.45) is 0 Å². The van der Waals surface area contributed by atoms with Crippen molar-refractivity contribution in [3.05, 3.63) is 40.0 Å². The summed E-state index contributed by atoms with van der Waals surface area (Å²) in [5, 5.41) is 5.60. The number of nitrogens with zero attached hydrogens (tertiary/aromatic N) is 1. The molecule has 0 saturated carbocycles. The molecule has 0 aliphatic carbocycles. The summed E-state index contributed by atoms with van der Waals surface area (Å²) in [5.41, 5.74) is 1.19. The average molecular weight is 388 g/mol. The van der Waals surface area contributed by atoms with Crippen LogP contribution >= 0.6 is 15.9 Å². The third kappa shape index (κ3) is 3.47. The third-order valence-electron chi connectivity index (χ3n) is 2.74. The molecule has 0 amide bonds. The topological polar surface area (TPSA) is 101 Å². The predicted molar refractivity (Wildman–Crippen MR) is 84.2 cm³/mol. The van der Waals surface area contributed by atoms with Gasteiger partial charge in [-0.05, 0) is 47.5 Å². The lowest BCUT2D eigenvalue weighted by atomic mass is 10.2. The summed E-state index contributed by atoms with van der Waals surface area (Å²) < 4.78 is 32.6. The Morgan fingerprint density at radius 2 is 2.18 bits per heavy atom. The van der Waals surface area contributed by atoms with Gasteiger partial charge in [0.1, 0.15) is 5.56 Å². The number of benzene rings is 1. The summed E-state index contributed by atoms with van der Waals surface area (Å²) in [6, 6.07) is 5.16. The fraction of sp³-hybridized carbons (Fsp3) is 0.231. The first kappa shape index (κ1) is 16.5. The lowest BCUT2D eigenvalue weighted by Crippen LogP contribution is -2.18. The Morgan fingerprint density at radius 1 is 1.45 bits per heavy atom. The van der Waals surface area contributed by atoms with Crippen LogP contribution in [0.2, 0.25) is 0 Å². The molecule has 0 aliphatic rings. The summed E-state index contributed by atoms with van der Waals surface area (Å²) in [4.78, 5) is 11.8. The molecule has 0 radical (unpaired) electrons. The zero-order valence-corrected chi connectivity index (χ0v) is 14.3. The Bertz CT molecular complexity index is 801. The normalized spacial score (nSPS) is 11.2. The van der Waals surface area contributed by atoms with E-state index in [0.29, 0.717) is 10.2 Å². The second-order valence-electron chi connectivity index (χ2n) is 4.42. The monoisotopic (exact) mass is 387 g/mol. The van der Waals surface area contributed by atoms with Crippen molar-refractivity contribution in [3.8, 4) is 0 Å². The summed E-state index contributed by atoms with van der Waals surface area (Å²) in [7, 11) is -4.00. The van der Waals surface area contributed by atoms with Gasteiger partial charge in [-0.25, -0.2) is 4.79 Å². The van der Waals surface area contributed by atoms with Gasteiger partial charge in [-0.15, -0.1) is 0 Å². The molecule has 2 aromatic rings. The summed E-state index contributed by atoms with van der Waals surface area (Å²) in [6.45, 7) is 3.66. The van der Waals surface area contributed by atoms with Crippen molar-refractivity contribution in [2.45, 2.75) is 18.9 Å². The predicted octanol–water partition coefficient (Wildman–Crippen LogP) is 2.46. The minimum Gasteiger partial charge on any atom is -0.462 e. The molecule has 2 rings (SSSR count). The standard InChI is InChI=1S/C13H14BrN3O4S/c1-3-21-13(18)9-7-15-16-12(9)22(19,20)17-11-5-4-8(2)6-10(11)14/h4-7,17H,3H2,1-2H3,(H,15,16). The molecule has 0 atom stereocenters. The minimum absolute atomic E-state index is 0.139. The first-order valence-electron chi connectivity index (χ1n) is 6.34. The summed E-state index contributed by atoms with van der Waals surface area (Å²) in [6.07, 6.45) is 1.12. The van der Waals surface area contributed by atoms with E-state index in [4.69, 9.17) is 4.74 Å². The summed E-state index contributed by atoms with van der Waals surface area (Å²) >= 11 is 3.29. The number of sulfonamides is 1. The smallest absolute Gasteiger partial charge is 0.342 e. The van der Waals surface area contributed by atoms with Gasteiger partial charge >= 0.3 is 5.97 Å². The summed E-state index contributed by atoms with van der Waals surface area (Å²) in [5.74, 6) is -0.750. The van der Waals surface area contributed by atoms with Crippen LogP contribution in [0, 0.1) is 6.92 Å². The number of carbonyl (C=O) groups is 1. The largest absolute Gasteiger partial charge is 0.462 e. The highest BCUT2D eigenvalue weighted by molar-refractivity contribution is 9.10. The van der Waals surface area contributed by atoms with Gasteiger partial charge in [-0.1, -0.05) is 6.07 Å². The fourth-order valence-electron chi connectivity index (χ4n) is 1.73. The number of hydrogen-bond acceptors (Lipinski definition) is 5. The van der Waals surface area contributed by atoms with E-state index in [0.717, 1.165) is 11.8 Å². The van der Waals surface area contributed by atoms with Crippen molar-refractivity contribution in [1.29, 1.82) is 0 Å². The molecule has 1 aromatic heterocycles. The van der Waals surface area contributed by atoms with Crippen LogP contribution in [-0.4, -0.2) is 31.2 Å². The zero-order valence-electron chi connectivity index (χ0n) is 11.9. The minimum atomic E-state index is -4.00. The highest BCUT2D eigenvalue weighted by Gasteiger charge is 2.26. The molecule has 2 N–H and O–H groups in total. The molecule has 1 heterocycles. The van der Waals surface area contributed by atoms with E-state index in [-0.39, 0.29) is 17.2 Å². The highest BCUT2D eigenvalue weighted by Crippen LogP contribution is 2.26. The van der Waals surface area contributed by atoms with Gasteiger partial charge in [-0.3, -0.25) is 9.82 Å². The number of nitrogens with one attached hydrogen (secondary N) is 2. The van der Waals surface area contributed by atoms with Gasteiger partial charge in [-0.2, -0.15) is 13.5 Å². The molecular formula is C13H14BrN3O4S. The van der Waals surface area contributed by atoms with Gasteiger partial charge < -0.3 is 4.74 Å². The Morgan fingerprint density at radius 3 is 2.82 bits per heavy atom. The van der Waals surface area contributed by atoms with Crippen molar-refractivity contribution in [3.63, 3.8) is 0 Å². The van der Waals surface area contributed by atoms with E-state index in [1.807, 2.05) is 6.92 Å². The van der Waals surface area contributed by atoms with E-state index < -0.39 is 16.0 Å². The van der Waals surface area contributed by atoms with E-state index in [9.17, 15) is 13.2 Å². The molecular weight excluding hydrogens is 374 g/mol. The van der Waals surface area contributed by atoms with Crippen LogP contribution < -0.4 is 4.72 Å². The Balaban J connectivity index is 2.35. The average Bonchev–Trinajstić information content (AvgIpc) is 2.92. The molecule has 0 unspecified atom stereocenters. The molecule has 22 heavy (non-hydrogen) atoms. The second-order valence-corrected chi connectivity index (χ2v) is 6.90. The molecule has 0 bridgehead atoms. The zero-order chi connectivity index (χ0) is 16.3. The number of aryl methyl sites for hydroxylation is 1. The van der Waals surface area contributed by atoms with Crippen LogP contribution in [0.15, 0.2) is 33.9 Å². The van der Waals surface area contributed by atoms with E-state index in [1.165, 1.54) is 0 Å². The number of esters is 1. The van der Waals surface area contributed by atoms with Crippen LogP contribution in [-0.2, 0) is 14.8 Å². The van der Waals surface area contributed by atoms with Crippen LogP contribution in [0.4, 0.5) is 5.69 Å². The maximum absolute atomic E-state index is 12.4. The van der Waals surface area contributed by atoms with E-state index in [2.05, 4.69) is 30.8 Å². The lowest BCUT2D eigenvalue weighted by Gasteiger charge is -2.10. The molecule has 9 heteroatoms. The number of aromatic nitrogens is 2. The number of aromatic amines is 1. The van der Waals surface area contributed by atoms with E-state index >= 15 is 0 Å². The molecule has 0 aliphatic heterocycles. The van der Waals surface area contributed by atoms with Crippen LogP contribution in [0.1, 0.15) is 22.8 Å². The van der Waals surface area contributed by atoms with Crippen LogP contribution in [0.3, 0.4) is 0 Å². The number of anilines is 1. The van der Waals surface area contributed by atoms with Gasteiger partial charge in [0.25, 0.3) is 10.0 Å². The van der Waals surface area contributed by atoms with Gasteiger partial charge in [0.05, 0.1) is 18.5 Å². The molecule has 0 fully saturated rings. The van der Waals surface area contributed by atoms with Crippen molar-refractivity contribution >= 4 is 37.6 Å². The Hall–Kier alpha value is -1.87.